The Morgan fingerprint density at radius 3 is 2.15 bits per heavy atom. The number of amides is 1. The Kier molecular flexibility index (Phi) is 5.39. The maximum Gasteiger partial charge on any atom is 0.227 e. The van der Waals surface area contributed by atoms with Gasteiger partial charge in [0.15, 0.2) is 0 Å². The molecule has 0 saturated heterocycles. The molecule has 0 aliphatic carbocycles. The first-order chi connectivity index (χ1) is 9.09. The van der Waals surface area contributed by atoms with Gasteiger partial charge in [0.05, 0.1) is 11.5 Å². The van der Waals surface area contributed by atoms with E-state index in [1.807, 2.05) is 52.0 Å². The van der Waals surface area contributed by atoms with Crippen LogP contribution in [0.25, 0.3) is 0 Å². The lowest BCUT2D eigenvalue weighted by Gasteiger charge is -2.38. The van der Waals surface area contributed by atoms with E-state index >= 15 is 0 Å². The standard InChI is InChI=1S/C16H25BrN2O/c1-6-13(11-7-9-12(17)10-8-11)19-14(20)15(2,3)16(4,5)18/h7-10,13H,6,18H2,1-5H3,(H,19,20). The van der Waals surface area contributed by atoms with Gasteiger partial charge in [-0.05, 0) is 51.8 Å². The van der Waals surface area contributed by atoms with Gasteiger partial charge < -0.3 is 11.1 Å². The van der Waals surface area contributed by atoms with Crippen molar-refractivity contribution in [3.8, 4) is 0 Å². The summed E-state index contributed by atoms with van der Waals surface area (Å²) in [6.07, 6.45) is 0.842. The molecule has 1 unspecified atom stereocenters. The Morgan fingerprint density at radius 2 is 1.75 bits per heavy atom. The fourth-order valence-corrected chi connectivity index (χ4v) is 2.01. The minimum Gasteiger partial charge on any atom is -0.349 e. The van der Waals surface area contributed by atoms with Gasteiger partial charge in [0.2, 0.25) is 5.91 Å². The quantitative estimate of drug-likeness (QED) is 0.856. The number of rotatable bonds is 5. The fourth-order valence-electron chi connectivity index (χ4n) is 1.75. The zero-order chi connectivity index (χ0) is 15.6. The largest absolute Gasteiger partial charge is 0.349 e. The Labute approximate surface area is 130 Å². The molecule has 20 heavy (non-hydrogen) atoms. The van der Waals surface area contributed by atoms with Crippen LogP contribution in [0.3, 0.4) is 0 Å². The highest BCUT2D eigenvalue weighted by molar-refractivity contribution is 9.10. The third-order valence-electron chi connectivity index (χ3n) is 4.16. The first-order valence-corrected chi connectivity index (χ1v) is 7.74. The Balaban J connectivity index is 2.89. The molecule has 1 atom stereocenters. The molecule has 1 aromatic rings. The number of hydrogen-bond acceptors (Lipinski definition) is 2. The van der Waals surface area contributed by atoms with Crippen LogP contribution in [0.15, 0.2) is 28.7 Å². The number of nitrogens with one attached hydrogen (secondary N) is 1. The van der Waals surface area contributed by atoms with Crippen LogP contribution in [0.4, 0.5) is 0 Å². The summed E-state index contributed by atoms with van der Waals surface area (Å²) < 4.78 is 1.03. The molecule has 1 aromatic carbocycles. The second kappa shape index (κ2) is 6.27. The van der Waals surface area contributed by atoms with E-state index in [4.69, 9.17) is 5.73 Å². The molecule has 0 aliphatic rings. The van der Waals surface area contributed by atoms with Crippen molar-refractivity contribution in [2.24, 2.45) is 11.1 Å². The third-order valence-corrected chi connectivity index (χ3v) is 4.69. The highest BCUT2D eigenvalue weighted by Crippen LogP contribution is 2.30. The first-order valence-electron chi connectivity index (χ1n) is 6.95. The zero-order valence-electron chi connectivity index (χ0n) is 13.0. The van der Waals surface area contributed by atoms with Crippen molar-refractivity contribution in [2.75, 3.05) is 0 Å². The molecule has 0 radical (unpaired) electrons. The van der Waals surface area contributed by atoms with Gasteiger partial charge in [0.25, 0.3) is 0 Å². The predicted molar refractivity (Wildman–Crippen MR) is 87.4 cm³/mol. The van der Waals surface area contributed by atoms with Crippen molar-refractivity contribution in [1.82, 2.24) is 5.32 Å². The van der Waals surface area contributed by atoms with Crippen LogP contribution in [0.2, 0.25) is 0 Å². The summed E-state index contributed by atoms with van der Waals surface area (Å²) in [6, 6.07) is 8.04. The van der Waals surface area contributed by atoms with E-state index in [2.05, 4.69) is 28.2 Å². The summed E-state index contributed by atoms with van der Waals surface area (Å²) in [5.74, 6) is -0.0141. The maximum absolute atomic E-state index is 12.5. The molecule has 0 aromatic heterocycles. The molecule has 0 aliphatic heterocycles. The highest BCUT2D eigenvalue weighted by atomic mass is 79.9. The average Bonchev–Trinajstić information content (AvgIpc) is 2.35. The van der Waals surface area contributed by atoms with Gasteiger partial charge in [-0.1, -0.05) is 35.0 Å². The molecule has 0 bridgehead atoms. The molecule has 1 amide bonds. The lowest BCUT2D eigenvalue weighted by atomic mass is 9.74. The number of carbonyl (C=O) groups is 1. The van der Waals surface area contributed by atoms with E-state index in [0.717, 1.165) is 16.5 Å². The molecule has 112 valence electrons. The summed E-state index contributed by atoms with van der Waals surface area (Å²) in [6.45, 7) is 9.60. The Bertz CT molecular complexity index is 460. The molecule has 0 fully saturated rings. The van der Waals surface area contributed by atoms with Gasteiger partial charge in [-0.3, -0.25) is 4.79 Å². The van der Waals surface area contributed by atoms with E-state index in [1.54, 1.807) is 0 Å². The molecule has 0 heterocycles. The number of carbonyl (C=O) groups excluding carboxylic acids is 1. The van der Waals surface area contributed by atoms with Crippen LogP contribution in [0.5, 0.6) is 0 Å². The normalized spacial score (nSPS) is 13.9. The van der Waals surface area contributed by atoms with Crippen LogP contribution in [-0.2, 0) is 4.79 Å². The lowest BCUT2D eigenvalue weighted by molar-refractivity contribution is -0.133. The SMILES string of the molecule is CCC(NC(=O)C(C)(C)C(C)(C)N)c1ccc(Br)cc1. The van der Waals surface area contributed by atoms with Crippen LogP contribution < -0.4 is 11.1 Å². The molecule has 1 rings (SSSR count). The maximum atomic E-state index is 12.5. The van der Waals surface area contributed by atoms with Crippen molar-refractivity contribution in [3.05, 3.63) is 34.3 Å². The minimum absolute atomic E-state index is 0.0113. The second-order valence-corrected chi connectivity index (χ2v) is 7.25. The molecule has 0 spiro atoms. The Morgan fingerprint density at radius 1 is 1.25 bits per heavy atom. The van der Waals surface area contributed by atoms with Crippen molar-refractivity contribution in [2.45, 2.75) is 52.6 Å². The van der Waals surface area contributed by atoms with Crippen LogP contribution >= 0.6 is 15.9 Å². The van der Waals surface area contributed by atoms with E-state index in [0.29, 0.717) is 0 Å². The second-order valence-electron chi connectivity index (χ2n) is 6.33. The van der Waals surface area contributed by atoms with Crippen molar-refractivity contribution in [3.63, 3.8) is 0 Å². The summed E-state index contributed by atoms with van der Waals surface area (Å²) in [5.41, 5.74) is 6.03. The number of benzene rings is 1. The van der Waals surface area contributed by atoms with Crippen LogP contribution in [-0.4, -0.2) is 11.4 Å². The molecular formula is C16H25BrN2O. The van der Waals surface area contributed by atoms with Gasteiger partial charge in [0, 0.05) is 10.0 Å². The van der Waals surface area contributed by atoms with Crippen LogP contribution in [0, 0.1) is 5.41 Å². The van der Waals surface area contributed by atoms with Crippen molar-refractivity contribution < 1.29 is 4.79 Å². The summed E-state index contributed by atoms with van der Waals surface area (Å²) in [5, 5.41) is 3.12. The number of halogens is 1. The van der Waals surface area contributed by atoms with Gasteiger partial charge in [-0.25, -0.2) is 0 Å². The summed E-state index contributed by atoms with van der Waals surface area (Å²) in [7, 11) is 0. The first kappa shape index (κ1) is 17.2. The van der Waals surface area contributed by atoms with Gasteiger partial charge in [-0.2, -0.15) is 0 Å². The fraction of sp³-hybridized carbons (Fsp3) is 0.562. The Hall–Kier alpha value is -0.870. The van der Waals surface area contributed by atoms with Gasteiger partial charge >= 0.3 is 0 Å². The lowest BCUT2D eigenvalue weighted by Crippen LogP contribution is -2.55. The van der Waals surface area contributed by atoms with Gasteiger partial charge in [-0.15, -0.1) is 0 Å². The van der Waals surface area contributed by atoms with E-state index in [-0.39, 0.29) is 11.9 Å². The van der Waals surface area contributed by atoms with E-state index in [1.165, 1.54) is 0 Å². The molecular weight excluding hydrogens is 316 g/mol. The summed E-state index contributed by atoms with van der Waals surface area (Å²) >= 11 is 3.42. The molecule has 4 heteroatoms. The van der Waals surface area contributed by atoms with Crippen LogP contribution in [0.1, 0.15) is 52.6 Å². The van der Waals surface area contributed by atoms with E-state index in [9.17, 15) is 4.79 Å². The predicted octanol–water partition coefficient (Wildman–Crippen LogP) is 3.78. The molecule has 3 N–H and O–H groups in total. The van der Waals surface area contributed by atoms with Crippen molar-refractivity contribution >= 4 is 21.8 Å². The highest BCUT2D eigenvalue weighted by Gasteiger charge is 2.40. The molecule has 0 saturated carbocycles. The summed E-state index contributed by atoms with van der Waals surface area (Å²) in [4.78, 5) is 12.5. The topological polar surface area (TPSA) is 55.1 Å². The number of nitrogens with two attached hydrogens (primary N) is 1. The molecule has 3 nitrogen and oxygen atoms in total. The van der Waals surface area contributed by atoms with E-state index < -0.39 is 11.0 Å². The smallest absolute Gasteiger partial charge is 0.227 e. The monoisotopic (exact) mass is 340 g/mol. The minimum atomic E-state index is -0.629. The number of hydrogen-bond donors (Lipinski definition) is 2. The average molecular weight is 341 g/mol. The third kappa shape index (κ3) is 3.83. The van der Waals surface area contributed by atoms with Gasteiger partial charge in [0.1, 0.15) is 0 Å². The van der Waals surface area contributed by atoms with Crippen molar-refractivity contribution in [1.29, 1.82) is 0 Å². The zero-order valence-corrected chi connectivity index (χ0v) is 14.5.